The van der Waals surface area contributed by atoms with Crippen molar-refractivity contribution in [3.05, 3.63) is 17.5 Å². The molecular weight excluding hydrogens is 346 g/mol. The zero-order valence-corrected chi connectivity index (χ0v) is 15.8. The third-order valence-electron chi connectivity index (χ3n) is 6.10. The highest BCUT2D eigenvalue weighted by atomic mass is 16.3. The SMILES string of the molecule is O=C(NCc1cc2n(n1)CCN(C(=O)C1CCC1)C2)N1CCC[C@H](CO)C1. The molecule has 148 valence electrons. The Morgan fingerprint density at radius 2 is 2.00 bits per heavy atom. The van der Waals surface area contributed by atoms with Gasteiger partial charge in [-0.15, -0.1) is 0 Å². The van der Waals surface area contributed by atoms with E-state index in [4.69, 9.17) is 0 Å². The molecule has 0 radical (unpaired) electrons. The van der Waals surface area contributed by atoms with Gasteiger partial charge >= 0.3 is 6.03 Å². The molecule has 1 aliphatic carbocycles. The van der Waals surface area contributed by atoms with Gasteiger partial charge in [-0.25, -0.2) is 4.79 Å². The molecule has 2 fully saturated rings. The van der Waals surface area contributed by atoms with E-state index in [1.807, 2.05) is 15.6 Å². The lowest BCUT2D eigenvalue weighted by Crippen LogP contribution is -2.46. The van der Waals surface area contributed by atoms with Crippen molar-refractivity contribution >= 4 is 11.9 Å². The molecular formula is C19H29N5O3. The summed E-state index contributed by atoms with van der Waals surface area (Å²) in [6, 6.07) is 1.90. The van der Waals surface area contributed by atoms with Crippen LogP contribution in [0.15, 0.2) is 6.07 Å². The summed E-state index contributed by atoms with van der Waals surface area (Å²) in [7, 11) is 0. The number of urea groups is 1. The minimum Gasteiger partial charge on any atom is -0.396 e. The molecule has 3 heterocycles. The molecule has 3 aliphatic rings. The van der Waals surface area contributed by atoms with Crippen molar-refractivity contribution in [3.8, 4) is 0 Å². The average molecular weight is 375 g/mol. The van der Waals surface area contributed by atoms with Gasteiger partial charge in [-0.2, -0.15) is 5.10 Å². The van der Waals surface area contributed by atoms with Gasteiger partial charge in [-0.05, 0) is 37.7 Å². The first-order chi connectivity index (χ1) is 13.1. The van der Waals surface area contributed by atoms with Gasteiger partial charge in [0.25, 0.3) is 0 Å². The number of carbonyl (C=O) groups is 2. The third kappa shape index (κ3) is 3.95. The Kier molecular flexibility index (Phi) is 5.33. The van der Waals surface area contributed by atoms with Gasteiger partial charge in [-0.1, -0.05) is 6.42 Å². The van der Waals surface area contributed by atoms with Gasteiger partial charge in [0.15, 0.2) is 0 Å². The molecule has 0 bridgehead atoms. The summed E-state index contributed by atoms with van der Waals surface area (Å²) in [5.74, 6) is 0.696. The number of hydrogen-bond acceptors (Lipinski definition) is 4. The predicted molar refractivity (Wildman–Crippen MR) is 98.6 cm³/mol. The van der Waals surface area contributed by atoms with Crippen molar-refractivity contribution in [2.75, 3.05) is 26.2 Å². The number of aliphatic hydroxyl groups is 1. The number of piperidine rings is 1. The van der Waals surface area contributed by atoms with E-state index in [9.17, 15) is 14.7 Å². The highest BCUT2D eigenvalue weighted by Gasteiger charge is 2.31. The van der Waals surface area contributed by atoms with E-state index in [1.54, 1.807) is 4.90 Å². The van der Waals surface area contributed by atoms with Gasteiger partial charge in [-0.3, -0.25) is 9.48 Å². The first kappa shape index (κ1) is 18.3. The zero-order valence-electron chi connectivity index (χ0n) is 15.8. The number of hydrogen-bond donors (Lipinski definition) is 2. The molecule has 1 saturated heterocycles. The molecule has 27 heavy (non-hydrogen) atoms. The molecule has 2 N–H and O–H groups in total. The number of aliphatic hydroxyl groups excluding tert-OH is 1. The van der Waals surface area contributed by atoms with E-state index in [-0.39, 0.29) is 30.4 Å². The lowest BCUT2D eigenvalue weighted by Gasteiger charge is -2.34. The lowest BCUT2D eigenvalue weighted by atomic mass is 9.84. The Labute approximate surface area is 159 Å². The van der Waals surface area contributed by atoms with Crippen molar-refractivity contribution in [1.29, 1.82) is 0 Å². The van der Waals surface area contributed by atoms with Crippen molar-refractivity contribution in [3.63, 3.8) is 0 Å². The first-order valence-electron chi connectivity index (χ1n) is 10.1. The summed E-state index contributed by atoms with van der Waals surface area (Å²) >= 11 is 0. The second-order valence-corrected chi connectivity index (χ2v) is 8.03. The Morgan fingerprint density at radius 3 is 2.74 bits per heavy atom. The largest absolute Gasteiger partial charge is 0.396 e. The Morgan fingerprint density at radius 1 is 1.15 bits per heavy atom. The summed E-state index contributed by atoms with van der Waals surface area (Å²) in [5, 5.41) is 16.8. The maximum atomic E-state index is 12.5. The van der Waals surface area contributed by atoms with Gasteiger partial charge in [0, 0.05) is 32.2 Å². The second-order valence-electron chi connectivity index (χ2n) is 8.03. The van der Waals surface area contributed by atoms with E-state index in [1.165, 1.54) is 6.42 Å². The van der Waals surface area contributed by atoms with E-state index in [2.05, 4.69) is 10.4 Å². The van der Waals surface area contributed by atoms with Crippen molar-refractivity contribution in [2.45, 2.75) is 51.7 Å². The molecule has 2 aliphatic heterocycles. The molecule has 3 amide bonds. The van der Waals surface area contributed by atoms with Crippen LogP contribution in [-0.2, 0) is 24.4 Å². The van der Waals surface area contributed by atoms with E-state index >= 15 is 0 Å². The molecule has 8 nitrogen and oxygen atoms in total. The number of nitrogens with zero attached hydrogens (tertiary/aromatic N) is 4. The Bertz CT molecular complexity index is 700. The number of aromatic nitrogens is 2. The molecule has 0 unspecified atom stereocenters. The van der Waals surface area contributed by atoms with Crippen LogP contribution >= 0.6 is 0 Å². The number of nitrogens with one attached hydrogen (secondary N) is 1. The number of likely N-dealkylation sites (tertiary alicyclic amines) is 1. The van der Waals surface area contributed by atoms with Gasteiger partial charge in [0.2, 0.25) is 5.91 Å². The maximum absolute atomic E-state index is 12.5. The summed E-state index contributed by atoms with van der Waals surface area (Å²) in [5.41, 5.74) is 1.86. The van der Waals surface area contributed by atoms with Crippen LogP contribution in [0, 0.1) is 11.8 Å². The van der Waals surface area contributed by atoms with E-state index in [0.29, 0.717) is 32.7 Å². The second kappa shape index (κ2) is 7.88. The lowest BCUT2D eigenvalue weighted by molar-refractivity contribution is -0.139. The topological polar surface area (TPSA) is 90.7 Å². The van der Waals surface area contributed by atoms with Crippen molar-refractivity contribution < 1.29 is 14.7 Å². The van der Waals surface area contributed by atoms with E-state index < -0.39 is 0 Å². The number of carbonyl (C=O) groups excluding carboxylic acids is 2. The highest BCUT2D eigenvalue weighted by Crippen LogP contribution is 2.29. The van der Waals surface area contributed by atoms with Crippen LogP contribution in [0.1, 0.15) is 43.5 Å². The van der Waals surface area contributed by atoms with Crippen LogP contribution in [0.3, 0.4) is 0 Å². The fraction of sp³-hybridized carbons (Fsp3) is 0.737. The monoisotopic (exact) mass is 375 g/mol. The fourth-order valence-electron chi connectivity index (χ4n) is 4.19. The molecule has 1 atom stereocenters. The Hall–Kier alpha value is -2.09. The number of fused-ring (bicyclic) bond motifs is 1. The molecule has 1 aromatic heterocycles. The zero-order chi connectivity index (χ0) is 18.8. The first-order valence-corrected chi connectivity index (χ1v) is 10.1. The normalized spacial score (nSPS) is 22.9. The van der Waals surface area contributed by atoms with Crippen LogP contribution in [0.4, 0.5) is 4.79 Å². The smallest absolute Gasteiger partial charge is 0.317 e. The average Bonchev–Trinajstić information content (AvgIpc) is 3.06. The van der Waals surface area contributed by atoms with Crippen molar-refractivity contribution in [1.82, 2.24) is 24.9 Å². The summed E-state index contributed by atoms with van der Waals surface area (Å²) in [6.45, 7) is 3.91. The van der Waals surface area contributed by atoms with E-state index in [0.717, 1.165) is 43.6 Å². The van der Waals surface area contributed by atoms with Gasteiger partial charge < -0.3 is 20.2 Å². The molecule has 1 aromatic rings. The predicted octanol–water partition coefficient (Wildman–Crippen LogP) is 0.939. The van der Waals surface area contributed by atoms with Crippen LogP contribution < -0.4 is 5.32 Å². The maximum Gasteiger partial charge on any atom is 0.317 e. The number of rotatable bonds is 4. The van der Waals surface area contributed by atoms with Crippen LogP contribution in [0.2, 0.25) is 0 Å². The molecule has 0 aromatic carbocycles. The third-order valence-corrected chi connectivity index (χ3v) is 6.10. The summed E-state index contributed by atoms with van der Waals surface area (Å²) < 4.78 is 1.95. The van der Waals surface area contributed by atoms with Crippen LogP contribution in [-0.4, -0.2) is 62.9 Å². The van der Waals surface area contributed by atoms with Gasteiger partial charge in [0.05, 0.1) is 31.0 Å². The molecule has 1 saturated carbocycles. The quantitative estimate of drug-likeness (QED) is 0.819. The molecule has 8 heteroatoms. The van der Waals surface area contributed by atoms with Gasteiger partial charge in [0.1, 0.15) is 0 Å². The molecule has 4 rings (SSSR count). The number of amides is 3. The highest BCUT2D eigenvalue weighted by molar-refractivity contribution is 5.79. The minimum atomic E-state index is -0.0964. The van der Waals surface area contributed by atoms with Crippen molar-refractivity contribution in [2.24, 2.45) is 11.8 Å². The summed E-state index contributed by atoms with van der Waals surface area (Å²) in [4.78, 5) is 28.6. The Balaban J connectivity index is 1.30. The summed E-state index contributed by atoms with van der Waals surface area (Å²) in [6.07, 6.45) is 5.13. The van der Waals surface area contributed by atoms with Crippen LogP contribution in [0.5, 0.6) is 0 Å². The molecule has 0 spiro atoms. The fourth-order valence-corrected chi connectivity index (χ4v) is 4.19. The minimum absolute atomic E-state index is 0.0964. The van der Waals surface area contributed by atoms with Crippen LogP contribution in [0.25, 0.3) is 0 Å². The standard InChI is InChI=1S/C19H29N5O3/c25-13-14-3-2-6-23(11-14)19(27)20-10-16-9-17-12-22(7-8-24(17)21-16)18(26)15-4-1-5-15/h9,14-15,25H,1-8,10-13H2,(H,20,27)/t14-/m0/s1.